The summed E-state index contributed by atoms with van der Waals surface area (Å²) < 4.78 is 34.3. The van der Waals surface area contributed by atoms with Gasteiger partial charge in [0.05, 0.1) is 4.91 Å². The molecule has 114 valence electrons. The number of allylic oxidation sites excluding steroid dienone is 1. The lowest BCUT2D eigenvalue weighted by molar-refractivity contribution is 0.575. The predicted octanol–water partition coefficient (Wildman–Crippen LogP) is 5.00. The highest BCUT2D eigenvalue weighted by atomic mass is 32.2. The third-order valence-corrected chi connectivity index (χ3v) is 4.90. The molecule has 22 heavy (non-hydrogen) atoms. The molecule has 0 bridgehead atoms. The van der Waals surface area contributed by atoms with E-state index in [-0.39, 0.29) is 5.82 Å². The Kier molecular flexibility index (Phi) is 4.50. The molecule has 1 aliphatic rings. The summed E-state index contributed by atoms with van der Waals surface area (Å²) >= 11 is -1.97. The molecule has 1 saturated carbocycles. The van der Waals surface area contributed by atoms with Gasteiger partial charge in [0.2, 0.25) is 0 Å². The largest absolute Gasteiger partial charge is 0.302 e. The quantitative estimate of drug-likeness (QED) is 0.809. The number of hydrogen-bond acceptors (Lipinski definition) is 1. The van der Waals surface area contributed by atoms with Crippen molar-refractivity contribution in [1.82, 2.24) is 0 Å². The van der Waals surface area contributed by atoms with E-state index in [4.69, 9.17) is 0 Å². The third-order valence-electron chi connectivity index (χ3n) is 4.03. The second kappa shape index (κ2) is 6.55. The standard InChI is InChI=1S/C18H17FO2S/c19-17-11-9-14(10-12-17)13-5-7-16(8-6-13)18(22(20)21)15-3-1-2-4-15/h5-12H,1-4H2,(H,20,21). The Labute approximate surface area is 132 Å². The molecular weight excluding hydrogens is 299 g/mol. The molecular formula is C18H17FO2S. The number of halogens is 1. The van der Waals surface area contributed by atoms with Gasteiger partial charge in [-0.1, -0.05) is 42.0 Å². The van der Waals surface area contributed by atoms with Gasteiger partial charge >= 0.3 is 0 Å². The van der Waals surface area contributed by atoms with Gasteiger partial charge < -0.3 is 4.55 Å². The van der Waals surface area contributed by atoms with Gasteiger partial charge in [0.1, 0.15) is 5.82 Å². The van der Waals surface area contributed by atoms with Crippen LogP contribution in [0.3, 0.4) is 0 Å². The molecule has 2 aromatic rings. The van der Waals surface area contributed by atoms with E-state index in [0.29, 0.717) is 4.91 Å². The first-order valence-corrected chi connectivity index (χ1v) is 8.45. The summed E-state index contributed by atoms with van der Waals surface area (Å²) in [4.78, 5) is 0.558. The molecule has 0 aromatic heterocycles. The topological polar surface area (TPSA) is 37.3 Å². The molecule has 1 fully saturated rings. The Morgan fingerprint density at radius 1 is 0.909 bits per heavy atom. The van der Waals surface area contributed by atoms with E-state index < -0.39 is 11.1 Å². The maximum absolute atomic E-state index is 13.0. The van der Waals surface area contributed by atoms with E-state index in [9.17, 15) is 13.2 Å². The minimum atomic E-state index is -1.97. The van der Waals surface area contributed by atoms with Crippen LogP contribution in [-0.4, -0.2) is 8.76 Å². The molecule has 0 radical (unpaired) electrons. The second-order valence-corrected chi connectivity index (χ2v) is 6.38. The lowest BCUT2D eigenvalue weighted by Crippen LogP contribution is -1.97. The summed E-state index contributed by atoms with van der Waals surface area (Å²) in [6.07, 6.45) is 3.98. The molecule has 3 rings (SSSR count). The fraction of sp³-hybridized carbons (Fsp3) is 0.222. The highest BCUT2D eigenvalue weighted by Crippen LogP contribution is 2.34. The Morgan fingerprint density at radius 3 is 1.91 bits per heavy atom. The lowest BCUT2D eigenvalue weighted by atomic mass is 10.0. The Bertz CT molecular complexity index is 710. The zero-order chi connectivity index (χ0) is 15.5. The fourth-order valence-electron chi connectivity index (χ4n) is 2.91. The van der Waals surface area contributed by atoms with Crippen LogP contribution >= 0.6 is 0 Å². The Balaban J connectivity index is 1.95. The monoisotopic (exact) mass is 316 g/mol. The predicted molar refractivity (Wildman–Crippen MR) is 88.0 cm³/mol. The first-order chi connectivity index (χ1) is 10.6. The minimum Gasteiger partial charge on any atom is -0.302 e. The van der Waals surface area contributed by atoms with Crippen molar-refractivity contribution < 1.29 is 13.2 Å². The van der Waals surface area contributed by atoms with E-state index >= 15 is 0 Å². The number of benzene rings is 2. The van der Waals surface area contributed by atoms with E-state index in [2.05, 4.69) is 0 Å². The van der Waals surface area contributed by atoms with Crippen LogP contribution in [0.4, 0.5) is 4.39 Å². The van der Waals surface area contributed by atoms with Crippen LogP contribution in [-0.2, 0) is 11.1 Å². The molecule has 4 heteroatoms. The SMILES string of the molecule is O=S(O)C(=C1CCCC1)c1ccc(-c2ccc(F)cc2)cc1. The van der Waals surface area contributed by atoms with Crippen molar-refractivity contribution in [2.24, 2.45) is 0 Å². The van der Waals surface area contributed by atoms with Gasteiger partial charge in [-0.15, -0.1) is 0 Å². The van der Waals surface area contributed by atoms with E-state index in [0.717, 1.165) is 47.9 Å². The third kappa shape index (κ3) is 3.18. The molecule has 1 unspecified atom stereocenters. The van der Waals surface area contributed by atoms with Gasteiger partial charge in [-0.25, -0.2) is 8.60 Å². The second-order valence-electron chi connectivity index (χ2n) is 5.47. The molecule has 0 saturated heterocycles. The fourth-order valence-corrected chi connectivity index (χ4v) is 3.70. The zero-order valence-electron chi connectivity index (χ0n) is 12.1. The summed E-state index contributed by atoms with van der Waals surface area (Å²) in [5.74, 6) is -0.260. The smallest absolute Gasteiger partial charge is 0.187 e. The normalized spacial score (nSPS) is 15.8. The van der Waals surface area contributed by atoms with Crippen molar-refractivity contribution >= 4 is 16.0 Å². The highest BCUT2D eigenvalue weighted by Gasteiger charge is 2.18. The lowest BCUT2D eigenvalue weighted by Gasteiger charge is -2.09. The van der Waals surface area contributed by atoms with E-state index in [1.165, 1.54) is 12.1 Å². The summed E-state index contributed by atoms with van der Waals surface area (Å²) in [5, 5.41) is 0. The molecule has 0 amide bonds. The van der Waals surface area contributed by atoms with Crippen LogP contribution in [0.2, 0.25) is 0 Å². The minimum absolute atomic E-state index is 0.260. The van der Waals surface area contributed by atoms with Crippen LogP contribution < -0.4 is 0 Å². The summed E-state index contributed by atoms with van der Waals surface area (Å²) in [6, 6.07) is 13.9. The average Bonchev–Trinajstić information content (AvgIpc) is 3.03. The molecule has 1 N–H and O–H groups in total. The first kappa shape index (κ1) is 15.1. The van der Waals surface area contributed by atoms with Crippen molar-refractivity contribution in [3.63, 3.8) is 0 Å². The Hall–Kier alpha value is -1.78. The number of rotatable bonds is 3. The van der Waals surface area contributed by atoms with Crippen molar-refractivity contribution in [2.45, 2.75) is 25.7 Å². The maximum atomic E-state index is 13.0. The zero-order valence-corrected chi connectivity index (χ0v) is 12.9. The first-order valence-electron chi connectivity index (χ1n) is 7.34. The van der Waals surface area contributed by atoms with Gasteiger partial charge in [-0.3, -0.25) is 0 Å². The van der Waals surface area contributed by atoms with E-state index in [1.54, 1.807) is 12.1 Å². The van der Waals surface area contributed by atoms with Crippen LogP contribution in [0.5, 0.6) is 0 Å². The summed E-state index contributed by atoms with van der Waals surface area (Å²) in [5.41, 5.74) is 3.77. The molecule has 0 spiro atoms. The van der Waals surface area contributed by atoms with Crippen molar-refractivity contribution in [1.29, 1.82) is 0 Å². The van der Waals surface area contributed by atoms with Crippen molar-refractivity contribution in [3.05, 3.63) is 65.5 Å². The number of hydrogen-bond donors (Lipinski definition) is 1. The van der Waals surface area contributed by atoms with Gasteiger partial charge in [0.25, 0.3) is 0 Å². The van der Waals surface area contributed by atoms with Crippen molar-refractivity contribution in [2.75, 3.05) is 0 Å². The van der Waals surface area contributed by atoms with E-state index in [1.807, 2.05) is 24.3 Å². The molecule has 1 atom stereocenters. The van der Waals surface area contributed by atoms with Gasteiger partial charge in [0, 0.05) is 0 Å². The van der Waals surface area contributed by atoms with Gasteiger partial charge in [0.15, 0.2) is 11.1 Å². The molecule has 0 aliphatic heterocycles. The van der Waals surface area contributed by atoms with Crippen LogP contribution in [0.25, 0.3) is 16.0 Å². The van der Waals surface area contributed by atoms with Crippen LogP contribution in [0, 0.1) is 5.82 Å². The van der Waals surface area contributed by atoms with Crippen LogP contribution in [0.15, 0.2) is 54.1 Å². The maximum Gasteiger partial charge on any atom is 0.187 e. The van der Waals surface area contributed by atoms with Gasteiger partial charge in [-0.2, -0.15) is 0 Å². The Morgan fingerprint density at radius 2 is 1.41 bits per heavy atom. The summed E-state index contributed by atoms with van der Waals surface area (Å²) in [7, 11) is 0. The van der Waals surface area contributed by atoms with Crippen LogP contribution in [0.1, 0.15) is 31.2 Å². The van der Waals surface area contributed by atoms with Gasteiger partial charge in [-0.05, 0) is 54.5 Å². The van der Waals surface area contributed by atoms with Crippen molar-refractivity contribution in [3.8, 4) is 11.1 Å². The molecule has 2 nitrogen and oxygen atoms in total. The molecule has 0 heterocycles. The highest BCUT2D eigenvalue weighted by molar-refractivity contribution is 7.89. The summed E-state index contributed by atoms with van der Waals surface area (Å²) in [6.45, 7) is 0. The molecule has 2 aromatic carbocycles. The molecule has 1 aliphatic carbocycles. The average molecular weight is 316 g/mol.